The van der Waals surface area contributed by atoms with Crippen LogP contribution < -0.4 is 0 Å². The van der Waals surface area contributed by atoms with Crippen molar-refractivity contribution in [1.82, 2.24) is 0 Å². The zero-order valence-electron chi connectivity index (χ0n) is 6.01. The summed E-state index contributed by atoms with van der Waals surface area (Å²) in [6, 6.07) is 0. The Kier molecular flexibility index (Phi) is 2.43. The first-order chi connectivity index (χ1) is 5.04. The van der Waals surface area contributed by atoms with Crippen molar-refractivity contribution in [3.05, 3.63) is 0 Å². The normalized spacial score (nSPS) is 52.6. The van der Waals surface area contributed by atoms with Crippen LogP contribution in [0.25, 0.3) is 0 Å². The molecule has 0 aliphatic carbocycles. The largest absolute Gasteiger partial charge is 0.388 e. The Morgan fingerprint density at radius 3 is 2.18 bits per heavy atom. The first-order valence-electron chi connectivity index (χ1n) is 3.37. The monoisotopic (exact) mass is 166 g/mol. The van der Waals surface area contributed by atoms with Crippen molar-refractivity contribution in [3.8, 4) is 0 Å². The van der Waals surface area contributed by atoms with E-state index < -0.39 is 30.8 Å². The molecular formula is C6H11FO4. The Morgan fingerprint density at radius 2 is 1.64 bits per heavy atom. The minimum Gasteiger partial charge on any atom is -0.388 e. The maximum absolute atomic E-state index is 12.5. The van der Waals surface area contributed by atoms with Gasteiger partial charge < -0.3 is 20.1 Å². The highest BCUT2D eigenvalue weighted by Crippen LogP contribution is 2.21. The minimum atomic E-state index is -1.91. The van der Waals surface area contributed by atoms with E-state index in [1.165, 1.54) is 6.92 Å². The van der Waals surface area contributed by atoms with Crippen LogP contribution in [0.15, 0.2) is 0 Å². The van der Waals surface area contributed by atoms with E-state index in [9.17, 15) is 4.39 Å². The molecule has 0 amide bonds. The van der Waals surface area contributed by atoms with Crippen LogP contribution in [0.5, 0.6) is 0 Å². The van der Waals surface area contributed by atoms with Gasteiger partial charge in [0.25, 0.3) is 0 Å². The molecular weight excluding hydrogens is 155 g/mol. The molecule has 3 N–H and O–H groups in total. The molecule has 0 aromatic rings. The molecule has 1 aliphatic heterocycles. The molecule has 0 aromatic heterocycles. The lowest BCUT2D eigenvalue weighted by Gasteiger charge is -2.35. The molecule has 4 nitrogen and oxygen atoms in total. The molecule has 5 atom stereocenters. The molecule has 66 valence electrons. The van der Waals surface area contributed by atoms with Gasteiger partial charge in [-0.15, -0.1) is 0 Å². The van der Waals surface area contributed by atoms with Crippen LogP contribution in [0, 0.1) is 0 Å². The van der Waals surface area contributed by atoms with Gasteiger partial charge in [-0.1, -0.05) is 0 Å². The summed E-state index contributed by atoms with van der Waals surface area (Å²) < 4.78 is 17.0. The van der Waals surface area contributed by atoms with Crippen molar-refractivity contribution in [2.45, 2.75) is 37.7 Å². The summed E-state index contributed by atoms with van der Waals surface area (Å²) >= 11 is 0. The van der Waals surface area contributed by atoms with Gasteiger partial charge in [0.2, 0.25) is 6.36 Å². The van der Waals surface area contributed by atoms with E-state index in [0.717, 1.165) is 0 Å². The summed E-state index contributed by atoms with van der Waals surface area (Å²) in [4.78, 5) is 0. The van der Waals surface area contributed by atoms with Crippen molar-refractivity contribution < 1.29 is 24.4 Å². The van der Waals surface area contributed by atoms with Gasteiger partial charge in [-0.05, 0) is 6.92 Å². The Hall–Kier alpha value is -0.230. The van der Waals surface area contributed by atoms with E-state index in [4.69, 9.17) is 15.3 Å². The maximum atomic E-state index is 12.5. The summed E-state index contributed by atoms with van der Waals surface area (Å²) in [5.41, 5.74) is 0. The maximum Gasteiger partial charge on any atom is 0.228 e. The summed E-state index contributed by atoms with van der Waals surface area (Å²) in [5, 5.41) is 26.8. The van der Waals surface area contributed by atoms with Gasteiger partial charge in [0.05, 0.1) is 6.10 Å². The van der Waals surface area contributed by atoms with E-state index in [-0.39, 0.29) is 0 Å². The molecule has 11 heavy (non-hydrogen) atoms. The predicted molar refractivity (Wildman–Crippen MR) is 33.5 cm³/mol. The second kappa shape index (κ2) is 3.02. The van der Waals surface area contributed by atoms with Crippen molar-refractivity contribution in [1.29, 1.82) is 0 Å². The molecule has 0 saturated carbocycles. The highest BCUT2D eigenvalue weighted by atomic mass is 19.1. The lowest BCUT2D eigenvalue weighted by Crippen LogP contribution is -2.55. The number of aliphatic hydroxyl groups excluding tert-OH is 3. The molecule has 1 fully saturated rings. The van der Waals surface area contributed by atoms with Crippen molar-refractivity contribution >= 4 is 0 Å². The highest BCUT2D eigenvalue weighted by Gasteiger charge is 2.41. The van der Waals surface area contributed by atoms with Gasteiger partial charge in [-0.3, -0.25) is 0 Å². The van der Waals surface area contributed by atoms with Crippen LogP contribution in [-0.4, -0.2) is 46.1 Å². The Balaban J connectivity index is 2.63. The smallest absolute Gasteiger partial charge is 0.228 e. The van der Waals surface area contributed by atoms with E-state index in [2.05, 4.69) is 4.74 Å². The molecule has 1 saturated heterocycles. The Bertz CT molecular complexity index is 129. The first kappa shape index (κ1) is 8.86. The number of hydrogen-bond donors (Lipinski definition) is 3. The number of ether oxygens (including phenoxy) is 1. The van der Waals surface area contributed by atoms with Crippen LogP contribution in [0.2, 0.25) is 0 Å². The van der Waals surface area contributed by atoms with Crippen molar-refractivity contribution in [2.75, 3.05) is 0 Å². The van der Waals surface area contributed by atoms with Crippen LogP contribution in [-0.2, 0) is 4.74 Å². The lowest BCUT2D eigenvalue weighted by atomic mass is 10.0. The van der Waals surface area contributed by atoms with Crippen LogP contribution in [0.1, 0.15) is 6.92 Å². The average Bonchev–Trinajstić information content (AvgIpc) is 1.97. The summed E-state index contributed by atoms with van der Waals surface area (Å²) in [6.07, 6.45) is -7.04. The molecule has 1 heterocycles. The number of hydrogen-bond acceptors (Lipinski definition) is 4. The number of rotatable bonds is 0. The SMILES string of the molecule is C[C@H]1O[C@H](F)[C@H](O)[C@@H](O)[C@@H]1O. The van der Waals surface area contributed by atoms with Gasteiger partial charge in [0.15, 0.2) is 0 Å². The van der Waals surface area contributed by atoms with Gasteiger partial charge in [0, 0.05) is 0 Å². The Morgan fingerprint density at radius 1 is 1.09 bits per heavy atom. The fourth-order valence-corrected chi connectivity index (χ4v) is 1.00. The minimum absolute atomic E-state index is 0.789. The lowest BCUT2D eigenvalue weighted by molar-refractivity contribution is -0.252. The van der Waals surface area contributed by atoms with E-state index in [1.807, 2.05) is 0 Å². The van der Waals surface area contributed by atoms with E-state index >= 15 is 0 Å². The third-order valence-electron chi connectivity index (χ3n) is 1.79. The zero-order chi connectivity index (χ0) is 8.59. The fraction of sp³-hybridized carbons (Fsp3) is 1.00. The third-order valence-corrected chi connectivity index (χ3v) is 1.79. The predicted octanol–water partition coefficient (Wildman–Crippen LogP) is -1.22. The molecule has 0 unspecified atom stereocenters. The molecule has 5 heteroatoms. The van der Waals surface area contributed by atoms with Crippen LogP contribution in [0.3, 0.4) is 0 Å². The molecule has 0 radical (unpaired) electrons. The standard InChI is InChI=1S/C6H11FO4/c1-2-3(8)4(9)5(10)6(7)11-2/h2-6,8-10H,1H3/t2-,3-,4+,5-,6+/m1/s1. The van der Waals surface area contributed by atoms with Gasteiger partial charge in [0.1, 0.15) is 18.3 Å². The molecule has 0 aromatic carbocycles. The van der Waals surface area contributed by atoms with Crippen LogP contribution >= 0.6 is 0 Å². The quantitative estimate of drug-likeness (QED) is 0.422. The van der Waals surface area contributed by atoms with E-state index in [0.29, 0.717) is 0 Å². The molecule has 1 rings (SSSR count). The molecule has 1 aliphatic rings. The van der Waals surface area contributed by atoms with Gasteiger partial charge in [-0.2, -0.15) is 0 Å². The summed E-state index contributed by atoms with van der Waals surface area (Å²) in [5.74, 6) is 0. The van der Waals surface area contributed by atoms with Crippen molar-refractivity contribution in [2.24, 2.45) is 0 Å². The molecule has 0 bridgehead atoms. The van der Waals surface area contributed by atoms with Gasteiger partial charge in [-0.25, -0.2) is 4.39 Å². The number of halogens is 1. The number of aliphatic hydroxyl groups is 3. The average molecular weight is 166 g/mol. The van der Waals surface area contributed by atoms with Gasteiger partial charge >= 0.3 is 0 Å². The topological polar surface area (TPSA) is 69.9 Å². The highest BCUT2D eigenvalue weighted by molar-refractivity contribution is 4.86. The first-order valence-corrected chi connectivity index (χ1v) is 3.37. The fourth-order valence-electron chi connectivity index (χ4n) is 1.00. The van der Waals surface area contributed by atoms with E-state index in [1.54, 1.807) is 0 Å². The second-order valence-corrected chi connectivity index (χ2v) is 2.66. The Labute approximate surface area is 63.2 Å². The second-order valence-electron chi connectivity index (χ2n) is 2.66. The number of alkyl halides is 1. The summed E-state index contributed by atoms with van der Waals surface area (Å²) in [6.45, 7) is 1.42. The van der Waals surface area contributed by atoms with Crippen molar-refractivity contribution in [3.63, 3.8) is 0 Å². The molecule has 0 spiro atoms. The zero-order valence-corrected chi connectivity index (χ0v) is 6.01. The van der Waals surface area contributed by atoms with Crippen LogP contribution in [0.4, 0.5) is 4.39 Å². The summed E-state index contributed by atoms with van der Waals surface area (Å²) in [7, 11) is 0. The third kappa shape index (κ3) is 1.51.